The van der Waals surface area contributed by atoms with Crippen LogP contribution >= 0.6 is 0 Å². The first kappa shape index (κ1) is 23.3. The monoisotopic (exact) mass is 424 g/mol. The number of carbonyl (C=O) groups is 1. The molecule has 1 nitrogen and oxygen atoms in total. The molecule has 4 aliphatic rings. The van der Waals surface area contributed by atoms with Crippen molar-refractivity contribution in [1.82, 2.24) is 0 Å². The van der Waals surface area contributed by atoms with E-state index in [4.69, 9.17) is 0 Å². The van der Waals surface area contributed by atoms with Crippen molar-refractivity contribution in [3.63, 3.8) is 0 Å². The van der Waals surface area contributed by atoms with Crippen molar-refractivity contribution >= 4 is 5.78 Å². The molecule has 1 heteroatoms. The molecule has 0 bridgehead atoms. The maximum atomic E-state index is 13.4. The van der Waals surface area contributed by atoms with Crippen LogP contribution in [0.25, 0.3) is 0 Å². The third-order valence-electron chi connectivity index (χ3n) is 10.9. The molecule has 0 aromatic carbocycles. The Kier molecular flexibility index (Phi) is 6.39. The predicted molar refractivity (Wildman–Crippen MR) is 132 cm³/mol. The summed E-state index contributed by atoms with van der Waals surface area (Å²) >= 11 is 0. The van der Waals surface area contributed by atoms with Crippen molar-refractivity contribution in [2.24, 2.45) is 58.2 Å². The first-order chi connectivity index (χ1) is 14.6. The Morgan fingerprint density at radius 2 is 1.71 bits per heavy atom. The van der Waals surface area contributed by atoms with Gasteiger partial charge in [-0.05, 0) is 103 Å². The summed E-state index contributed by atoms with van der Waals surface area (Å²) in [5.74, 6) is 5.43. The van der Waals surface area contributed by atoms with E-state index in [-0.39, 0.29) is 11.3 Å². The van der Waals surface area contributed by atoms with E-state index in [0.717, 1.165) is 11.8 Å². The first-order valence-corrected chi connectivity index (χ1v) is 13.6. The molecule has 31 heavy (non-hydrogen) atoms. The number of ketones is 1. The van der Waals surface area contributed by atoms with Gasteiger partial charge in [-0.2, -0.15) is 0 Å². The first-order valence-electron chi connectivity index (χ1n) is 13.6. The molecule has 9 atom stereocenters. The molecule has 3 fully saturated rings. The molecule has 0 aromatic heterocycles. The molecule has 0 saturated heterocycles. The maximum Gasteiger partial charge on any atom is 0.159 e. The Morgan fingerprint density at radius 1 is 1.00 bits per heavy atom. The minimum absolute atomic E-state index is 0.218. The molecule has 0 amide bonds. The van der Waals surface area contributed by atoms with E-state index in [1.165, 1.54) is 51.4 Å². The van der Waals surface area contributed by atoms with E-state index in [1.54, 1.807) is 5.57 Å². The molecule has 174 valence electrons. The van der Waals surface area contributed by atoms with Gasteiger partial charge in [0.1, 0.15) is 0 Å². The second-order valence-corrected chi connectivity index (χ2v) is 12.8. The topological polar surface area (TPSA) is 17.1 Å². The molecule has 0 radical (unpaired) electrons. The lowest BCUT2D eigenvalue weighted by molar-refractivity contribution is -0.132. The van der Waals surface area contributed by atoms with E-state index < -0.39 is 0 Å². The number of fused-ring (bicyclic) bond motifs is 5. The SMILES string of the molecule is CCC(/C=C/C(C)C1CCC2C3=CC(=O)C4C(C)CCCC4(C)C3CCC21C)C(C)C. The molecule has 0 N–H and O–H groups in total. The van der Waals surface area contributed by atoms with Crippen molar-refractivity contribution in [3.8, 4) is 0 Å². The summed E-state index contributed by atoms with van der Waals surface area (Å²) < 4.78 is 0. The number of allylic oxidation sites excluding steroid dienone is 4. The van der Waals surface area contributed by atoms with Crippen LogP contribution in [-0.4, -0.2) is 5.78 Å². The van der Waals surface area contributed by atoms with Crippen LogP contribution in [0.5, 0.6) is 0 Å². The van der Waals surface area contributed by atoms with Gasteiger partial charge in [0.2, 0.25) is 0 Å². The zero-order valence-corrected chi connectivity index (χ0v) is 21.4. The number of hydrogen-bond donors (Lipinski definition) is 0. The van der Waals surface area contributed by atoms with Gasteiger partial charge in [-0.3, -0.25) is 4.79 Å². The van der Waals surface area contributed by atoms with Gasteiger partial charge in [-0.15, -0.1) is 0 Å². The van der Waals surface area contributed by atoms with Gasteiger partial charge in [0.25, 0.3) is 0 Å². The lowest BCUT2D eigenvalue weighted by Crippen LogP contribution is -2.53. The molecule has 4 aliphatic carbocycles. The van der Waals surface area contributed by atoms with Crippen LogP contribution < -0.4 is 0 Å². The molecule has 9 unspecified atom stereocenters. The fourth-order valence-electron chi connectivity index (χ4n) is 9.12. The highest BCUT2D eigenvalue weighted by atomic mass is 16.1. The van der Waals surface area contributed by atoms with E-state index in [9.17, 15) is 4.79 Å². The average molecular weight is 425 g/mol. The van der Waals surface area contributed by atoms with Crippen LogP contribution in [0.3, 0.4) is 0 Å². The van der Waals surface area contributed by atoms with Crippen LogP contribution in [0.15, 0.2) is 23.8 Å². The molecule has 0 heterocycles. The van der Waals surface area contributed by atoms with Crippen molar-refractivity contribution in [1.29, 1.82) is 0 Å². The number of carbonyl (C=O) groups excluding carboxylic acids is 1. The minimum atomic E-state index is 0.218. The molecular weight excluding hydrogens is 376 g/mol. The van der Waals surface area contributed by atoms with Gasteiger partial charge >= 0.3 is 0 Å². The second-order valence-electron chi connectivity index (χ2n) is 12.8. The summed E-state index contributed by atoms with van der Waals surface area (Å²) in [5, 5.41) is 0. The van der Waals surface area contributed by atoms with Crippen LogP contribution in [0.2, 0.25) is 0 Å². The lowest BCUT2D eigenvalue weighted by Gasteiger charge is -2.57. The van der Waals surface area contributed by atoms with Gasteiger partial charge in [-0.25, -0.2) is 0 Å². The fraction of sp³-hybridized carbons (Fsp3) is 0.833. The van der Waals surface area contributed by atoms with E-state index in [0.29, 0.717) is 40.8 Å². The van der Waals surface area contributed by atoms with E-state index in [1.807, 2.05) is 0 Å². The van der Waals surface area contributed by atoms with Crippen LogP contribution in [-0.2, 0) is 4.79 Å². The van der Waals surface area contributed by atoms with E-state index >= 15 is 0 Å². The molecule has 0 aliphatic heterocycles. The summed E-state index contributed by atoms with van der Waals surface area (Å²) in [6.45, 7) is 16.9. The Labute approximate surface area is 192 Å². The third-order valence-corrected chi connectivity index (χ3v) is 10.9. The van der Waals surface area contributed by atoms with Crippen molar-refractivity contribution in [2.75, 3.05) is 0 Å². The Hall–Kier alpha value is -0.850. The minimum Gasteiger partial charge on any atom is -0.295 e. The van der Waals surface area contributed by atoms with Crippen molar-refractivity contribution in [2.45, 2.75) is 99.8 Å². The van der Waals surface area contributed by atoms with E-state index in [2.05, 4.69) is 66.7 Å². The normalized spacial score (nSPS) is 44.6. The van der Waals surface area contributed by atoms with Gasteiger partial charge in [-0.1, -0.05) is 72.6 Å². The Balaban J connectivity index is 1.59. The molecule has 0 aromatic rings. The highest BCUT2D eigenvalue weighted by Crippen LogP contribution is 2.66. The molecular formula is C30H48O. The highest BCUT2D eigenvalue weighted by Gasteiger charge is 2.59. The van der Waals surface area contributed by atoms with Crippen molar-refractivity contribution in [3.05, 3.63) is 23.8 Å². The summed E-state index contributed by atoms with van der Waals surface area (Å²) in [6, 6.07) is 0. The summed E-state index contributed by atoms with van der Waals surface area (Å²) in [5.41, 5.74) is 2.17. The number of rotatable bonds is 5. The standard InChI is InChI=1S/C30H48O/c1-8-22(19(2)3)12-11-20(4)24-13-14-25-23-18-27(31)28-21(5)10-9-16-30(28,7)26(23)15-17-29(24,25)6/h11-12,18-22,24-26,28H,8-10,13-17H2,1-7H3/b12-11+. The Morgan fingerprint density at radius 3 is 2.39 bits per heavy atom. The predicted octanol–water partition coefficient (Wildman–Crippen LogP) is 8.26. The zero-order valence-electron chi connectivity index (χ0n) is 21.4. The summed E-state index contributed by atoms with van der Waals surface area (Å²) in [6.07, 6.45) is 17.6. The second kappa shape index (κ2) is 8.49. The van der Waals surface area contributed by atoms with Crippen LogP contribution in [0.1, 0.15) is 99.8 Å². The summed E-state index contributed by atoms with van der Waals surface area (Å²) in [7, 11) is 0. The number of hydrogen-bond acceptors (Lipinski definition) is 1. The van der Waals surface area contributed by atoms with Crippen molar-refractivity contribution < 1.29 is 4.79 Å². The molecule has 3 saturated carbocycles. The summed E-state index contributed by atoms with van der Waals surface area (Å²) in [4.78, 5) is 13.4. The van der Waals surface area contributed by atoms with Gasteiger partial charge < -0.3 is 0 Å². The van der Waals surface area contributed by atoms with Gasteiger partial charge in [0, 0.05) is 5.92 Å². The van der Waals surface area contributed by atoms with Gasteiger partial charge in [0.05, 0.1) is 0 Å². The van der Waals surface area contributed by atoms with Crippen LogP contribution in [0.4, 0.5) is 0 Å². The average Bonchev–Trinajstić information content (AvgIpc) is 3.05. The quantitative estimate of drug-likeness (QED) is 0.406. The zero-order chi connectivity index (χ0) is 22.6. The largest absolute Gasteiger partial charge is 0.295 e. The maximum absolute atomic E-state index is 13.4. The highest BCUT2D eigenvalue weighted by molar-refractivity contribution is 5.94. The third kappa shape index (κ3) is 3.71. The lowest BCUT2D eigenvalue weighted by atomic mass is 9.46. The molecule has 4 rings (SSSR count). The fourth-order valence-corrected chi connectivity index (χ4v) is 9.12. The Bertz CT molecular complexity index is 744. The van der Waals surface area contributed by atoms with Gasteiger partial charge in [0.15, 0.2) is 5.78 Å². The molecule has 0 spiro atoms. The smallest absolute Gasteiger partial charge is 0.159 e. The van der Waals surface area contributed by atoms with Crippen LogP contribution in [0, 0.1) is 58.2 Å².